The van der Waals surface area contributed by atoms with Crippen LogP contribution in [0.5, 0.6) is 5.75 Å². The molecule has 1 heterocycles. The fraction of sp³-hybridized carbons (Fsp3) is 0.417. The second-order valence-corrected chi connectivity index (χ2v) is 3.76. The topological polar surface area (TPSA) is 38.5 Å². The first-order valence-corrected chi connectivity index (χ1v) is 5.25. The Morgan fingerprint density at radius 1 is 1.53 bits per heavy atom. The van der Waals surface area contributed by atoms with Gasteiger partial charge < -0.3 is 15.4 Å². The predicted molar refractivity (Wildman–Crippen MR) is 62.0 cm³/mol. The van der Waals surface area contributed by atoms with E-state index in [0.29, 0.717) is 0 Å². The molecule has 1 aliphatic heterocycles. The standard InChI is InChI=1S/C12H17N2O/c1-3-12(13)14-7-6-9-4-5-10(15-2)8-11(9)14/h3-5,8,12H,6-7,13H2,1-2H3. The van der Waals surface area contributed by atoms with Crippen molar-refractivity contribution >= 4 is 5.69 Å². The Hall–Kier alpha value is -1.22. The quantitative estimate of drug-likeness (QED) is 0.814. The molecule has 0 fully saturated rings. The smallest absolute Gasteiger partial charge is 0.120 e. The first kappa shape index (κ1) is 10.3. The lowest BCUT2D eigenvalue weighted by Crippen LogP contribution is -2.40. The van der Waals surface area contributed by atoms with Crippen molar-refractivity contribution in [3.05, 3.63) is 30.2 Å². The van der Waals surface area contributed by atoms with Crippen molar-refractivity contribution in [1.82, 2.24) is 0 Å². The van der Waals surface area contributed by atoms with Gasteiger partial charge in [-0.1, -0.05) is 13.0 Å². The van der Waals surface area contributed by atoms with Gasteiger partial charge in [-0.15, -0.1) is 0 Å². The molecule has 1 unspecified atom stereocenters. The van der Waals surface area contributed by atoms with Gasteiger partial charge in [0.1, 0.15) is 5.75 Å². The number of rotatable bonds is 3. The van der Waals surface area contributed by atoms with Crippen molar-refractivity contribution in [1.29, 1.82) is 0 Å². The fourth-order valence-corrected chi connectivity index (χ4v) is 2.00. The number of benzene rings is 1. The molecular formula is C12H17N2O. The van der Waals surface area contributed by atoms with Gasteiger partial charge in [-0.05, 0) is 24.5 Å². The van der Waals surface area contributed by atoms with E-state index in [1.165, 1.54) is 11.3 Å². The van der Waals surface area contributed by atoms with Gasteiger partial charge in [0, 0.05) is 18.3 Å². The summed E-state index contributed by atoms with van der Waals surface area (Å²) in [6.07, 6.45) is 3.08. The Morgan fingerprint density at radius 3 is 3.00 bits per heavy atom. The zero-order valence-corrected chi connectivity index (χ0v) is 9.23. The normalized spacial score (nSPS) is 16.3. The third-order valence-corrected chi connectivity index (χ3v) is 2.93. The summed E-state index contributed by atoms with van der Waals surface area (Å²) in [7, 11) is 1.69. The molecule has 1 atom stereocenters. The Balaban J connectivity index is 2.31. The summed E-state index contributed by atoms with van der Waals surface area (Å²) in [4.78, 5) is 2.21. The van der Waals surface area contributed by atoms with Crippen molar-refractivity contribution in [3.8, 4) is 5.75 Å². The molecule has 0 aromatic heterocycles. The maximum absolute atomic E-state index is 6.01. The second-order valence-electron chi connectivity index (χ2n) is 3.76. The van der Waals surface area contributed by atoms with Crippen LogP contribution in [0.1, 0.15) is 12.5 Å². The molecule has 3 heteroatoms. The molecule has 0 saturated carbocycles. The van der Waals surface area contributed by atoms with Crippen LogP contribution >= 0.6 is 0 Å². The van der Waals surface area contributed by atoms with Crippen LogP contribution in [0.2, 0.25) is 0 Å². The molecule has 1 radical (unpaired) electrons. The second kappa shape index (κ2) is 4.11. The molecule has 2 rings (SSSR count). The molecule has 0 spiro atoms. The van der Waals surface area contributed by atoms with E-state index in [2.05, 4.69) is 17.0 Å². The van der Waals surface area contributed by atoms with E-state index in [4.69, 9.17) is 10.5 Å². The maximum atomic E-state index is 6.01. The van der Waals surface area contributed by atoms with Gasteiger partial charge in [0.25, 0.3) is 0 Å². The molecule has 0 amide bonds. The summed E-state index contributed by atoms with van der Waals surface area (Å²) in [5, 5.41) is 0. The van der Waals surface area contributed by atoms with E-state index in [-0.39, 0.29) is 6.17 Å². The van der Waals surface area contributed by atoms with E-state index in [1.807, 2.05) is 19.4 Å². The first-order chi connectivity index (χ1) is 7.26. The monoisotopic (exact) mass is 205 g/mol. The van der Waals surface area contributed by atoms with Crippen LogP contribution in [0.25, 0.3) is 0 Å². The number of ether oxygens (including phenoxy) is 1. The minimum absolute atomic E-state index is 0.00152. The average molecular weight is 205 g/mol. The summed E-state index contributed by atoms with van der Waals surface area (Å²) in [6.45, 7) is 2.98. The molecular weight excluding hydrogens is 188 g/mol. The summed E-state index contributed by atoms with van der Waals surface area (Å²) in [5.74, 6) is 0.893. The molecule has 2 N–H and O–H groups in total. The Kier molecular flexibility index (Phi) is 2.82. The zero-order chi connectivity index (χ0) is 10.8. The molecule has 3 nitrogen and oxygen atoms in total. The van der Waals surface area contributed by atoms with Crippen molar-refractivity contribution in [2.24, 2.45) is 5.73 Å². The van der Waals surface area contributed by atoms with Gasteiger partial charge in [-0.25, -0.2) is 0 Å². The van der Waals surface area contributed by atoms with Gasteiger partial charge in [-0.3, -0.25) is 0 Å². The summed E-state index contributed by atoms with van der Waals surface area (Å²) >= 11 is 0. The number of hydrogen-bond donors (Lipinski definition) is 1. The van der Waals surface area contributed by atoms with Crippen molar-refractivity contribution in [3.63, 3.8) is 0 Å². The number of methoxy groups -OCH3 is 1. The van der Waals surface area contributed by atoms with E-state index in [9.17, 15) is 0 Å². The molecule has 1 aromatic carbocycles. The third-order valence-electron chi connectivity index (χ3n) is 2.93. The van der Waals surface area contributed by atoms with Gasteiger partial charge in [0.2, 0.25) is 0 Å². The molecule has 1 aromatic rings. The Bertz CT molecular complexity index is 351. The van der Waals surface area contributed by atoms with Crippen LogP contribution < -0.4 is 15.4 Å². The molecule has 15 heavy (non-hydrogen) atoms. The van der Waals surface area contributed by atoms with Crippen LogP contribution in [0, 0.1) is 6.42 Å². The minimum Gasteiger partial charge on any atom is -0.497 e. The number of nitrogens with zero attached hydrogens (tertiary/aromatic N) is 1. The summed E-state index contributed by atoms with van der Waals surface area (Å²) in [6, 6.07) is 6.19. The zero-order valence-electron chi connectivity index (χ0n) is 9.23. The highest BCUT2D eigenvalue weighted by Crippen LogP contribution is 2.32. The third kappa shape index (κ3) is 1.79. The molecule has 0 bridgehead atoms. The van der Waals surface area contributed by atoms with Crippen LogP contribution in [-0.2, 0) is 6.42 Å². The fourth-order valence-electron chi connectivity index (χ4n) is 2.00. The maximum Gasteiger partial charge on any atom is 0.120 e. The van der Waals surface area contributed by atoms with Crippen molar-refractivity contribution in [2.45, 2.75) is 19.5 Å². The Labute approximate surface area is 90.8 Å². The van der Waals surface area contributed by atoms with Gasteiger partial charge >= 0.3 is 0 Å². The lowest BCUT2D eigenvalue weighted by atomic mass is 10.1. The summed E-state index contributed by atoms with van der Waals surface area (Å²) < 4.78 is 5.22. The number of hydrogen-bond acceptors (Lipinski definition) is 3. The molecule has 0 aliphatic carbocycles. The highest BCUT2D eigenvalue weighted by molar-refractivity contribution is 5.61. The highest BCUT2D eigenvalue weighted by atomic mass is 16.5. The number of nitrogens with two attached hydrogens (primary N) is 1. The lowest BCUT2D eigenvalue weighted by Gasteiger charge is -2.25. The van der Waals surface area contributed by atoms with Gasteiger partial charge in [0.15, 0.2) is 0 Å². The van der Waals surface area contributed by atoms with Crippen molar-refractivity contribution < 1.29 is 4.74 Å². The van der Waals surface area contributed by atoms with E-state index in [1.54, 1.807) is 7.11 Å². The largest absolute Gasteiger partial charge is 0.497 e. The Morgan fingerprint density at radius 2 is 2.33 bits per heavy atom. The van der Waals surface area contributed by atoms with Crippen LogP contribution in [0.4, 0.5) is 5.69 Å². The average Bonchev–Trinajstić information content (AvgIpc) is 2.70. The predicted octanol–water partition coefficient (Wildman–Crippen LogP) is 1.57. The summed E-state index contributed by atoms with van der Waals surface area (Å²) in [5.41, 5.74) is 8.58. The van der Waals surface area contributed by atoms with Crippen LogP contribution in [0.3, 0.4) is 0 Å². The van der Waals surface area contributed by atoms with E-state index >= 15 is 0 Å². The molecule has 0 saturated heterocycles. The highest BCUT2D eigenvalue weighted by Gasteiger charge is 2.23. The number of anilines is 1. The van der Waals surface area contributed by atoms with Gasteiger partial charge in [-0.2, -0.15) is 0 Å². The first-order valence-electron chi connectivity index (χ1n) is 5.25. The lowest BCUT2D eigenvalue weighted by molar-refractivity contribution is 0.415. The molecule has 1 aliphatic rings. The van der Waals surface area contributed by atoms with Crippen LogP contribution in [-0.4, -0.2) is 19.8 Å². The molecule has 81 valence electrons. The van der Waals surface area contributed by atoms with E-state index < -0.39 is 0 Å². The SMILES string of the molecule is C[CH]C(N)N1CCc2ccc(OC)cc21. The number of fused-ring (bicyclic) bond motifs is 1. The van der Waals surface area contributed by atoms with Crippen LogP contribution in [0.15, 0.2) is 18.2 Å². The van der Waals surface area contributed by atoms with Crippen molar-refractivity contribution in [2.75, 3.05) is 18.6 Å². The van der Waals surface area contributed by atoms with E-state index in [0.717, 1.165) is 18.7 Å². The van der Waals surface area contributed by atoms with Gasteiger partial charge in [0.05, 0.1) is 13.3 Å². The minimum atomic E-state index is -0.00152.